The van der Waals surface area contributed by atoms with Gasteiger partial charge in [0.25, 0.3) is 0 Å². The van der Waals surface area contributed by atoms with Crippen LogP contribution >= 0.6 is 0 Å². The molecule has 0 aromatic carbocycles. The minimum absolute atomic E-state index is 0.363. The first-order valence-corrected chi connectivity index (χ1v) is 8.49. The minimum atomic E-state index is -0.363. The van der Waals surface area contributed by atoms with Gasteiger partial charge < -0.3 is 9.84 Å². The fraction of sp³-hybridized carbons (Fsp3) is 1.00. The Bertz CT molecular complexity index is 285. The minimum Gasteiger partial charge on any atom is -0.389 e. The highest BCUT2D eigenvalue weighted by atomic mass is 16.5. The molecule has 2 fully saturated rings. The molecule has 2 rings (SSSR count). The SMILES string of the molecule is CC(C)N(C[C@@H](O)COC[C@H]1C[C@@H]2CC[C@@H]1C2)C(C)C. The van der Waals surface area contributed by atoms with Crippen LogP contribution < -0.4 is 0 Å². The Kier molecular flexibility index (Phi) is 5.88. The standard InChI is InChI=1S/C17H33NO2/c1-12(2)18(13(3)4)9-17(19)11-20-10-16-8-14-5-6-15(16)7-14/h12-17,19H,5-11H2,1-4H3/t14-,15-,16-,17-/m1/s1. The Morgan fingerprint density at radius 2 is 1.80 bits per heavy atom. The van der Waals surface area contributed by atoms with Gasteiger partial charge in [0.2, 0.25) is 0 Å². The van der Waals surface area contributed by atoms with Gasteiger partial charge in [0.05, 0.1) is 12.7 Å². The quantitative estimate of drug-likeness (QED) is 0.743. The van der Waals surface area contributed by atoms with Gasteiger partial charge in [-0.15, -0.1) is 0 Å². The maximum absolute atomic E-state index is 10.2. The van der Waals surface area contributed by atoms with Crippen molar-refractivity contribution in [1.29, 1.82) is 0 Å². The number of hydrogen-bond donors (Lipinski definition) is 1. The third kappa shape index (κ3) is 4.19. The van der Waals surface area contributed by atoms with Crippen molar-refractivity contribution in [2.45, 2.75) is 71.6 Å². The van der Waals surface area contributed by atoms with Crippen LogP contribution in [0.2, 0.25) is 0 Å². The molecule has 118 valence electrons. The van der Waals surface area contributed by atoms with Crippen molar-refractivity contribution in [3.8, 4) is 0 Å². The Morgan fingerprint density at radius 3 is 2.30 bits per heavy atom. The highest BCUT2D eigenvalue weighted by Gasteiger charge is 2.39. The van der Waals surface area contributed by atoms with Gasteiger partial charge >= 0.3 is 0 Å². The van der Waals surface area contributed by atoms with Gasteiger partial charge in [-0.2, -0.15) is 0 Å². The predicted molar refractivity (Wildman–Crippen MR) is 82.7 cm³/mol. The molecule has 2 aliphatic carbocycles. The molecule has 1 N–H and O–H groups in total. The van der Waals surface area contributed by atoms with Crippen LogP contribution in [0, 0.1) is 17.8 Å². The van der Waals surface area contributed by atoms with E-state index in [9.17, 15) is 5.11 Å². The van der Waals surface area contributed by atoms with E-state index in [2.05, 4.69) is 32.6 Å². The van der Waals surface area contributed by atoms with E-state index in [1.54, 1.807) is 0 Å². The van der Waals surface area contributed by atoms with E-state index in [1.807, 2.05) is 0 Å². The van der Waals surface area contributed by atoms with E-state index in [-0.39, 0.29) is 6.10 Å². The Balaban J connectivity index is 1.63. The number of aliphatic hydroxyl groups excluding tert-OH is 1. The maximum Gasteiger partial charge on any atom is 0.0900 e. The largest absolute Gasteiger partial charge is 0.389 e. The molecule has 0 aromatic heterocycles. The summed E-state index contributed by atoms with van der Waals surface area (Å²) in [4.78, 5) is 2.32. The van der Waals surface area contributed by atoms with Crippen LogP contribution in [0.15, 0.2) is 0 Å². The molecular formula is C17H33NO2. The number of aliphatic hydroxyl groups is 1. The van der Waals surface area contributed by atoms with Crippen molar-refractivity contribution in [3.05, 3.63) is 0 Å². The third-order valence-electron chi connectivity index (χ3n) is 5.27. The summed E-state index contributed by atoms with van der Waals surface area (Å²) in [6.45, 7) is 10.8. The van der Waals surface area contributed by atoms with E-state index in [4.69, 9.17) is 4.74 Å². The average molecular weight is 283 g/mol. The molecule has 0 heterocycles. The highest BCUT2D eigenvalue weighted by molar-refractivity contribution is 4.89. The summed E-state index contributed by atoms with van der Waals surface area (Å²) < 4.78 is 5.82. The summed E-state index contributed by atoms with van der Waals surface area (Å²) in [5, 5.41) is 10.2. The van der Waals surface area contributed by atoms with Crippen LogP contribution in [0.3, 0.4) is 0 Å². The van der Waals surface area contributed by atoms with Gasteiger partial charge in [0, 0.05) is 25.2 Å². The van der Waals surface area contributed by atoms with Crippen molar-refractivity contribution in [1.82, 2.24) is 4.90 Å². The number of hydrogen-bond acceptors (Lipinski definition) is 3. The summed E-state index contributed by atoms with van der Waals surface area (Å²) in [5.41, 5.74) is 0. The molecule has 0 aliphatic heterocycles. The zero-order chi connectivity index (χ0) is 14.7. The molecule has 2 saturated carbocycles. The molecule has 2 aliphatic rings. The molecule has 3 heteroatoms. The molecule has 4 atom stereocenters. The van der Waals surface area contributed by atoms with E-state index in [0.717, 1.165) is 24.4 Å². The fourth-order valence-electron chi connectivity index (χ4n) is 4.25. The lowest BCUT2D eigenvalue weighted by atomic mass is 9.90. The summed E-state index contributed by atoms with van der Waals surface area (Å²) in [6, 6.07) is 0.936. The smallest absolute Gasteiger partial charge is 0.0900 e. The third-order valence-corrected chi connectivity index (χ3v) is 5.27. The summed E-state index contributed by atoms with van der Waals surface area (Å²) in [7, 11) is 0. The van der Waals surface area contributed by atoms with Crippen LogP contribution in [0.1, 0.15) is 53.4 Å². The fourth-order valence-corrected chi connectivity index (χ4v) is 4.25. The van der Waals surface area contributed by atoms with Crippen molar-refractivity contribution in [2.24, 2.45) is 17.8 Å². The maximum atomic E-state index is 10.2. The molecule has 20 heavy (non-hydrogen) atoms. The number of rotatable bonds is 8. The Hall–Kier alpha value is -0.120. The number of nitrogens with zero attached hydrogens (tertiary/aromatic N) is 1. The van der Waals surface area contributed by atoms with Crippen LogP contribution in [0.4, 0.5) is 0 Å². The molecule has 0 saturated heterocycles. The predicted octanol–water partition coefficient (Wildman–Crippen LogP) is 2.92. The van der Waals surface area contributed by atoms with Crippen LogP contribution in [-0.4, -0.2) is 48.0 Å². The van der Waals surface area contributed by atoms with Gasteiger partial charge in [-0.3, -0.25) is 4.90 Å². The summed E-state index contributed by atoms with van der Waals surface area (Å²) in [5.74, 6) is 2.67. The first-order valence-electron chi connectivity index (χ1n) is 8.49. The second-order valence-corrected chi connectivity index (χ2v) is 7.51. The zero-order valence-electron chi connectivity index (χ0n) is 13.7. The zero-order valence-corrected chi connectivity index (χ0v) is 13.7. The average Bonchev–Trinajstić information content (AvgIpc) is 2.97. The van der Waals surface area contributed by atoms with Gasteiger partial charge in [-0.05, 0) is 64.7 Å². The lowest BCUT2D eigenvalue weighted by molar-refractivity contribution is -0.0113. The van der Waals surface area contributed by atoms with Crippen molar-refractivity contribution in [2.75, 3.05) is 19.8 Å². The van der Waals surface area contributed by atoms with Crippen molar-refractivity contribution in [3.63, 3.8) is 0 Å². The van der Waals surface area contributed by atoms with Crippen LogP contribution in [0.25, 0.3) is 0 Å². The highest BCUT2D eigenvalue weighted by Crippen LogP contribution is 2.48. The number of fused-ring (bicyclic) bond motifs is 2. The van der Waals surface area contributed by atoms with Crippen molar-refractivity contribution >= 4 is 0 Å². The molecule has 2 bridgehead atoms. The number of ether oxygens (including phenoxy) is 1. The molecule has 0 aromatic rings. The second kappa shape index (κ2) is 7.24. The van der Waals surface area contributed by atoms with Gasteiger partial charge in [0.15, 0.2) is 0 Å². The normalized spacial score (nSPS) is 30.9. The molecule has 0 spiro atoms. The molecular weight excluding hydrogens is 250 g/mol. The van der Waals surface area contributed by atoms with E-state index >= 15 is 0 Å². The first-order chi connectivity index (χ1) is 9.47. The van der Waals surface area contributed by atoms with E-state index < -0.39 is 0 Å². The van der Waals surface area contributed by atoms with Crippen LogP contribution in [-0.2, 0) is 4.74 Å². The lowest BCUT2D eigenvalue weighted by Gasteiger charge is -2.32. The van der Waals surface area contributed by atoms with Gasteiger partial charge in [-0.1, -0.05) is 6.42 Å². The first kappa shape index (κ1) is 16.3. The molecule has 0 unspecified atom stereocenters. The van der Waals surface area contributed by atoms with Gasteiger partial charge in [-0.25, -0.2) is 0 Å². The molecule has 3 nitrogen and oxygen atoms in total. The Labute approximate surface area is 124 Å². The Morgan fingerprint density at radius 1 is 1.10 bits per heavy atom. The summed E-state index contributed by atoms with van der Waals surface area (Å²) in [6.07, 6.45) is 5.30. The second-order valence-electron chi connectivity index (χ2n) is 7.51. The van der Waals surface area contributed by atoms with Crippen molar-refractivity contribution < 1.29 is 9.84 Å². The van der Waals surface area contributed by atoms with E-state index in [0.29, 0.717) is 25.2 Å². The lowest BCUT2D eigenvalue weighted by Crippen LogP contribution is -2.43. The van der Waals surface area contributed by atoms with Gasteiger partial charge in [0.1, 0.15) is 0 Å². The topological polar surface area (TPSA) is 32.7 Å². The monoisotopic (exact) mass is 283 g/mol. The van der Waals surface area contributed by atoms with Crippen LogP contribution in [0.5, 0.6) is 0 Å². The molecule has 0 amide bonds. The summed E-state index contributed by atoms with van der Waals surface area (Å²) >= 11 is 0. The molecule has 0 radical (unpaired) electrons. The van der Waals surface area contributed by atoms with E-state index in [1.165, 1.54) is 25.7 Å².